The Morgan fingerprint density at radius 3 is 2.62 bits per heavy atom. The first kappa shape index (κ1) is 22.7. The first-order valence-corrected chi connectivity index (χ1v) is 10.0. The third kappa shape index (κ3) is 5.79. The van der Waals surface area contributed by atoms with E-state index in [1.54, 1.807) is 24.4 Å². The molecule has 7 N–H and O–H groups in total. The van der Waals surface area contributed by atoms with Gasteiger partial charge in [-0.15, -0.1) is 0 Å². The number of aromatic nitrogens is 3. The fourth-order valence-corrected chi connectivity index (χ4v) is 3.26. The van der Waals surface area contributed by atoms with Crippen molar-refractivity contribution in [2.75, 3.05) is 18.0 Å². The summed E-state index contributed by atoms with van der Waals surface area (Å²) in [7, 11) is 0. The summed E-state index contributed by atoms with van der Waals surface area (Å²) >= 11 is 0. The molecule has 0 aliphatic rings. The molecule has 32 heavy (non-hydrogen) atoms. The Morgan fingerprint density at radius 2 is 1.91 bits per heavy atom. The molecular formula is C21H24N6O5. The Kier molecular flexibility index (Phi) is 7.34. The Labute approximate surface area is 183 Å². The van der Waals surface area contributed by atoms with Crippen LogP contribution in [0.1, 0.15) is 35.2 Å². The molecule has 0 aliphatic heterocycles. The second-order valence-electron chi connectivity index (χ2n) is 7.12. The fraction of sp³-hybridized carbons (Fsp3) is 0.286. The van der Waals surface area contributed by atoms with Gasteiger partial charge in [0, 0.05) is 12.6 Å². The van der Waals surface area contributed by atoms with Crippen molar-refractivity contribution in [1.82, 2.24) is 20.3 Å². The van der Waals surface area contributed by atoms with Crippen LogP contribution in [0.5, 0.6) is 0 Å². The lowest BCUT2D eigenvalue weighted by atomic mass is 10.1. The Hall–Kier alpha value is -3.99. The average molecular weight is 440 g/mol. The number of hydrogen-bond acceptors (Lipinski definition) is 9. The van der Waals surface area contributed by atoms with Crippen molar-refractivity contribution in [3.63, 3.8) is 0 Å². The maximum atomic E-state index is 11.9. The molecule has 11 nitrogen and oxygen atoms in total. The highest BCUT2D eigenvalue weighted by atomic mass is 16.6. The van der Waals surface area contributed by atoms with Crippen molar-refractivity contribution in [3.05, 3.63) is 47.7 Å². The number of ether oxygens (including phenoxy) is 1. The first-order valence-electron chi connectivity index (χ1n) is 10.0. The van der Waals surface area contributed by atoms with E-state index in [9.17, 15) is 19.5 Å². The number of nitrogen functional groups attached to an aromatic ring is 2. The molecule has 0 saturated heterocycles. The molecule has 0 fully saturated rings. The van der Waals surface area contributed by atoms with E-state index in [1.165, 1.54) is 12.1 Å². The highest BCUT2D eigenvalue weighted by Crippen LogP contribution is 2.23. The van der Waals surface area contributed by atoms with E-state index in [1.807, 2.05) is 0 Å². The summed E-state index contributed by atoms with van der Waals surface area (Å²) in [5.41, 5.74) is 13.2. The number of nitrogens with two attached hydrogens (primary N) is 2. The van der Waals surface area contributed by atoms with Gasteiger partial charge in [-0.2, -0.15) is 9.97 Å². The zero-order valence-electron chi connectivity index (χ0n) is 17.2. The van der Waals surface area contributed by atoms with Gasteiger partial charge in [-0.25, -0.2) is 4.79 Å². The summed E-state index contributed by atoms with van der Waals surface area (Å²) in [6.45, 7) is 0.386. The van der Waals surface area contributed by atoms with Gasteiger partial charge in [-0.3, -0.25) is 9.59 Å². The largest absolute Gasteiger partial charge is 0.480 e. The van der Waals surface area contributed by atoms with Gasteiger partial charge in [0.1, 0.15) is 17.5 Å². The van der Waals surface area contributed by atoms with Gasteiger partial charge in [-0.05, 0) is 43.5 Å². The van der Waals surface area contributed by atoms with Crippen molar-refractivity contribution in [1.29, 1.82) is 0 Å². The van der Waals surface area contributed by atoms with Gasteiger partial charge in [0.2, 0.25) is 5.95 Å². The Balaban J connectivity index is 1.45. The standard InChI is InChI=1S/C21H24N6O5/c22-17-16-13(11-25-18(16)27-21(23)26-17)7-4-10-24-14(19(29)30)8-9-15(28)32-20(31)12-5-2-1-3-6-12/h1-3,5-6,11,14,24H,4,7-10H2,(H,29,30)(H5,22,23,25,26,27)/t14-/m0/s1. The summed E-state index contributed by atoms with van der Waals surface area (Å²) in [5.74, 6) is -2.27. The number of benzene rings is 1. The van der Waals surface area contributed by atoms with Crippen molar-refractivity contribution in [3.8, 4) is 0 Å². The SMILES string of the molecule is Nc1nc(N)c2c(CCCN[C@@H](CCC(=O)OC(=O)c3ccccc3)C(=O)O)c[nH]c2n1. The number of nitrogens with zero attached hydrogens (tertiary/aromatic N) is 2. The number of carboxylic acid groups (broad SMARTS) is 1. The predicted molar refractivity (Wildman–Crippen MR) is 117 cm³/mol. The highest BCUT2D eigenvalue weighted by molar-refractivity contribution is 5.96. The molecule has 0 unspecified atom stereocenters. The van der Waals surface area contributed by atoms with Crippen molar-refractivity contribution < 1.29 is 24.2 Å². The smallest absolute Gasteiger partial charge is 0.345 e. The predicted octanol–water partition coefficient (Wildman–Crippen LogP) is 1.26. The lowest BCUT2D eigenvalue weighted by Gasteiger charge is -2.14. The van der Waals surface area contributed by atoms with Crippen LogP contribution in [0, 0.1) is 0 Å². The maximum absolute atomic E-state index is 11.9. The van der Waals surface area contributed by atoms with Crippen LogP contribution in [0.15, 0.2) is 36.5 Å². The first-order chi connectivity index (χ1) is 15.3. The minimum Gasteiger partial charge on any atom is -0.480 e. The van der Waals surface area contributed by atoms with Crippen LogP contribution in [0.3, 0.4) is 0 Å². The molecule has 1 aromatic carbocycles. The molecule has 3 aromatic rings. The van der Waals surface area contributed by atoms with Crippen LogP contribution in [0.25, 0.3) is 11.0 Å². The summed E-state index contributed by atoms with van der Waals surface area (Å²) < 4.78 is 4.77. The van der Waals surface area contributed by atoms with Crippen LogP contribution in [-0.4, -0.2) is 50.6 Å². The van der Waals surface area contributed by atoms with Crippen LogP contribution in [0.2, 0.25) is 0 Å². The summed E-state index contributed by atoms with van der Waals surface area (Å²) in [6.07, 6.45) is 2.76. The van der Waals surface area contributed by atoms with Gasteiger partial charge in [-0.1, -0.05) is 18.2 Å². The van der Waals surface area contributed by atoms with Gasteiger partial charge < -0.3 is 31.6 Å². The molecule has 11 heteroatoms. The molecule has 2 aromatic heterocycles. The van der Waals surface area contributed by atoms with Gasteiger partial charge in [0.05, 0.1) is 10.9 Å². The lowest BCUT2D eigenvalue weighted by Crippen LogP contribution is -2.38. The van der Waals surface area contributed by atoms with Crippen LogP contribution in [-0.2, 0) is 20.7 Å². The number of carboxylic acids is 1. The topological polar surface area (TPSA) is 186 Å². The minimum absolute atomic E-state index is 0.0105. The number of aliphatic carboxylic acids is 1. The zero-order valence-corrected chi connectivity index (χ0v) is 17.2. The van der Waals surface area contributed by atoms with Crippen molar-refractivity contribution in [2.45, 2.75) is 31.7 Å². The molecular weight excluding hydrogens is 416 g/mol. The summed E-state index contributed by atoms with van der Waals surface area (Å²) in [4.78, 5) is 46.3. The van der Waals surface area contributed by atoms with E-state index < -0.39 is 23.9 Å². The second-order valence-corrected chi connectivity index (χ2v) is 7.12. The molecule has 2 heterocycles. The quantitative estimate of drug-likeness (QED) is 0.174. The van der Waals surface area contributed by atoms with Gasteiger partial charge in [0.25, 0.3) is 0 Å². The molecule has 3 rings (SSSR count). The zero-order chi connectivity index (χ0) is 23.1. The van der Waals surface area contributed by atoms with Crippen molar-refractivity contribution in [2.24, 2.45) is 0 Å². The minimum atomic E-state index is -1.09. The van der Waals surface area contributed by atoms with E-state index in [0.29, 0.717) is 30.4 Å². The lowest BCUT2D eigenvalue weighted by molar-refractivity contribution is -0.140. The Morgan fingerprint density at radius 1 is 1.16 bits per heavy atom. The Bertz CT molecular complexity index is 1110. The third-order valence-electron chi connectivity index (χ3n) is 4.82. The van der Waals surface area contributed by atoms with E-state index in [0.717, 1.165) is 5.56 Å². The molecule has 168 valence electrons. The molecule has 0 saturated carbocycles. The van der Waals surface area contributed by atoms with Gasteiger partial charge >= 0.3 is 17.9 Å². The number of aryl methyl sites for hydroxylation is 1. The number of carbonyl (C=O) groups is 3. The molecule has 1 atom stereocenters. The van der Waals surface area contributed by atoms with Crippen molar-refractivity contribution >= 4 is 40.7 Å². The number of H-pyrrole nitrogens is 1. The van der Waals surface area contributed by atoms with E-state index >= 15 is 0 Å². The fourth-order valence-electron chi connectivity index (χ4n) is 3.26. The monoisotopic (exact) mass is 440 g/mol. The van der Waals surface area contributed by atoms with E-state index in [4.69, 9.17) is 16.2 Å². The number of esters is 2. The summed E-state index contributed by atoms with van der Waals surface area (Å²) in [5, 5.41) is 13.0. The number of fused-ring (bicyclic) bond motifs is 1. The molecule has 0 spiro atoms. The molecule has 0 bridgehead atoms. The second kappa shape index (κ2) is 10.4. The van der Waals surface area contributed by atoms with Crippen LogP contribution in [0.4, 0.5) is 11.8 Å². The number of rotatable bonds is 10. The molecule has 0 amide bonds. The highest BCUT2D eigenvalue weighted by Gasteiger charge is 2.20. The number of carbonyl (C=O) groups excluding carboxylic acids is 2. The van der Waals surface area contributed by atoms with Gasteiger partial charge in [0.15, 0.2) is 0 Å². The number of hydrogen-bond donors (Lipinski definition) is 5. The normalized spacial score (nSPS) is 11.9. The number of nitrogens with one attached hydrogen (secondary N) is 2. The summed E-state index contributed by atoms with van der Waals surface area (Å²) in [6, 6.07) is 7.14. The number of aromatic amines is 1. The molecule has 0 aliphatic carbocycles. The number of anilines is 2. The molecule has 0 radical (unpaired) electrons. The average Bonchev–Trinajstić information content (AvgIpc) is 3.16. The maximum Gasteiger partial charge on any atom is 0.345 e. The van der Waals surface area contributed by atoms with Crippen LogP contribution < -0.4 is 16.8 Å². The van der Waals surface area contributed by atoms with E-state index in [-0.39, 0.29) is 30.2 Å². The third-order valence-corrected chi connectivity index (χ3v) is 4.82. The van der Waals surface area contributed by atoms with E-state index in [2.05, 4.69) is 20.3 Å². The van der Waals surface area contributed by atoms with Crippen LogP contribution >= 0.6 is 0 Å².